The van der Waals surface area contributed by atoms with Crippen LogP contribution in [0.5, 0.6) is 11.5 Å². The molecule has 0 radical (unpaired) electrons. The molecule has 0 aliphatic heterocycles. The van der Waals surface area contributed by atoms with Crippen LogP contribution >= 0.6 is 11.8 Å². The van der Waals surface area contributed by atoms with Gasteiger partial charge in [0.1, 0.15) is 0 Å². The summed E-state index contributed by atoms with van der Waals surface area (Å²) in [6.45, 7) is -0.0487. The highest BCUT2D eigenvalue weighted by molar-refractivity contribution is 7.98. The van der Waals surface area contributed by atoms with Gasteiger partial charge in [0.05, 0.1) is 25.7 Å². The summed E-state index contributed by atoms with van der Waals surface area (Å²) in [6.07, 6.45) is 1.93. The maximum Gasteiger partial charge on any atom is 0.243 e. The van der Waals surface area contributed by atoms with Gasteiger partial charge in [0.25, 0.3) is 0 Å². The number of thioether (sulfide) groups is 1. The maximum absolute atomic E-state index is 12.8. The van der Waals surface area contributed by atoms with Crippen LogP contribution < -0.4 is 9.47 Å². The van der Waals surface area contributed by atoms with E-state index < -0.39 is 10.0 Å². The van der Waals surface area contributed by atoms with E-state index in [0.29, 0.717) is 22.9 Å². The Kier molecular flexibility index (Phi) is 6.46. The third-order valence-corrected chi connectivity index (χ3v) is 6.80. The third-order valence-electron chi connectivity index (χ3n) is 4.24. The van der Waals surface area contributed by atoms with Gasteiger partial charge in [-0.05, 0) is 48.7 Å². The Morgan fingerprint density at radius 1 is 1.07 bits per heavy atom. The van der Waals surface area contributed by atoms with E-state index in [1.165, 1.54) is 18.5 Å². The van der Waals surface area contributed by atoms with Crippen LogP contribution in [0.4, 0.5) is 0 Å². The quantitative estimate of drug-likeness (QED) is 0.498. The van der Waals surface area contributed by atoms with E-state index in [1.807, 2.05) is 6.26 Å². The predicted octanol–water partition coefficient (Wildman–Crippen LogP) is 3.30. The third kappa shape index (κ3) is 4.55. The van der Waals surface area contributed by atoms with Crippen LogP contribution in [-0.2, 0) is 16.6 Å². The number of aromatic nitrogens is 2. The molecule has 3 aromatic rings. The largest absolute Gasteiger partial charge is 0.493 e. The van der Waals surface area contributed by atoms with Gasteiger partial charge in [-0.2, -0.15) is 9.29 Å². The smallest absolute Gasteiger partial charge is 0.243 e. The number of sulfonamides is 1. The molecule has 0 bridgehead atoms. The number of benzene rings is 2. The van der Waals surface area contributed by atoms with Crippen LogP contribution in [0.2, 0.25) is 0 Å². The van der Waals surface area contributed by atoms with Crippen LogP contribution in [0.1, 0.15) is 5.89 Å². The topological polar surface area (TPSA) is 94.8 Å². The van der Waals surface area contributed by atoms with E-state index in [9.17, 15) is 8.42 Å². The maximum atomic E-state index is 12.8. The van der Waals surface area contributed by atoms with Crippen molar-refractivity contribution in [3.63, 3.8) is 0 Å². The van der Waals surface area contributed by atoms with Gasteiger partial charge >= 0.3 is 0 Å². The highest BCUT2D eigenvalue weighted by atomic mass is 32.2. The van der Waals surface area contributed by atoms with E-state index in [0.717, 1.165) is 4.90 Å². The molecule has 0 atom stereocenters. The van der Waals surface area contributed by atoms with Gasteiger partial charge in [-0.3, -0.25) is 0 Å². The molecular formula is C19H21N3O5S2. The Morgan fingerprint density at radius 3 is 2.38 bits per heavy atom. The van der Waals surface area contributed by atoms with Crippen LogP contribution in [0.25, 0.3) is 11.4 Å². The summed E-state index contributed by atoms with van der Waals surface area (Å²) in [7, 11) is 0.880. The van der Waals surface area contributed by atoms with Crippen molar-refractivity contribution >= 4 is 21.8 Å². The average molecular weight is 436 g/mol. The van der Waals surface area contributed by atoms with E-state index in [1.54, 1.807) is 61.3 Å². The molecule has 0 N–H and O–H groups in total. The average Bonchev–Trinajstić information content (AvgIpc) is 3.21. The molecule has 0 fully saturated rings. The lowest BCUT2D eigenvalue weighted by Gasteiger charge is -2.15. The zero-order valence-corrected chi connectivity index (χ0v) is 18.1. The number of nitrogens with zero attached hydrogens (tertiary/aromatic N) is 3. The van der Waals surface area contributed by atoms with E-state index in [2.05, 4.69) is 10.1 Å². The minimum atomic E-state index is -3.68. The lowest BCUT2D eigenvalue weighted by molar-refractivity contribution is 0.336. The van der Waals surface area contributed by atoms with Crippen LogP contribution in [-0.4, -0.2) is 50.4 Å². The molecule has 1 aromatic heterocycles. The molecule has 154 valence electrons. The van der Waals surface area contributed by atoms with Gasteiger partial charge < -0.3 is 14.0 Å². The lowest BCUT2D eigenvalue weighted by atomic mass is 10.2. The van der Waals surface area contributed by atoms with Gasteiger partial charge in [0.15, 0.2) is 11.5 Å². The summed E-state index contributed by atoms with van der Waals surface area (Å²) in [5.41, 5.74) is 0.663. The zero-order chi connectivity index (χ0) is 21.0. The van der Waals surface area contributed by atoms with Crippen molar-refractivity contribution in [2.45, 2.75) is 16.3 Å². The summed E-state index contributed by atoms with van der Waals surface area (Å²) in [5, 5.41) is 3.94. The number of methoxy groups -OCH3 is 2. The zero-order valence-electron chi connectivity index (χ0n) is 16.4. The van der Waals surface area contributed by atoms with Crippen molar-refractivity contribution in [2.24, 2.45) is 0 Å². The van der Waals surface area contributed by atoms with Crippen molar-refractivity contribution in [1.82, 2.24) is 14.4 Å². The first-order valence-electron chi connectivity index (χ1n) is 8.54. The Hall–Kier alpha value is -2.56. The first-order valence-corrected chi connectivity index (χ1v) is 11.2. The first-order chi connectivity index (χ1) is 13.9. The van der Waals surface area contributed by atoms with Crippen LogP contribution in [0, 0.1) is 0 Å². The monoisotopic (exact) mass is 435 g/mol. The highest BCUT2D eigenvalue weighted by Crippen LogP contribution is 2.31. The fourth-order valence-corrected chi connectivity index (χ4v) is 4.14. The summed E-state index contributed by atoms with van der Waals surface area (Å²) >= 11 is 1.55. The lowest BCUT2D eigenvalue weighted by Crippen LogP contribution is -2.26. The standard InChI is InChI=1S/C19H21N3O5S2/c1-22(29(23,24)15-8-6-14(28-4)7-9-15)12-18-20-19(21-27-18)13-5-10-16(25-2)17(11-13)26-3/h5-11H,12H2,1-4H3. The SMILES string of the molecule is COc1ccc(-c2noc(CN(C)S(=O)(=O)c3ccc(SC)cc3)n2)cc1OC. The fraction of sp³-hybridized carbons (Fsp3) is 0.263. The summed E-state index contributed by atoms with van der Waals surface area (Å²) in [5.74, 6) is 1.63. The van der Waals surface area contributed by atoms with Crippen LogP contribution in [0.3, 0.4) is 0 Å². The minimum Gasteiger partial charge on any atom is -0.493 e. The molecule has 0 unspecified atom stereocenters. The molecule has 10 heteroatoms. The van der Waals surface area contributed by atoms with Gasteiger partial charge in [-0.15, -0.1) is 11.8 Å². The van der Waals surface area contributed by atoms with E-state index >= 15 is 0 Å². The second-order valence-corrected chi connectivity index (χ2v) is 8.94. The fourth-order valence-electron chi connectivity index (χ4n) is 2.61. The number of rotatable bonds is 8. The van der Waals surface area contributed by atoms with Gasteiger partial charge in [0, 0.05) is 17.5 Å². The molecule has 1 heterocycles. The molecular weight excluding hydrogens is 414 g/mol. The molecule has 3 rings (SSSR count). The molecule has 8 nitrogen and oxygen atoms in total. The number of hydrogen-bond donors (Lipinski definition) is 0. The van der Waals surface area contributed by atoms with E-state index in [4.69, 9.17) is 14.0 Å². The van der Waals surface area contributed by atoms with E-state index in [-0.39, 0.29) is 17.3 Å². The van der Waals surface area contributed by atoms with Crippen molar-refractivity contribution in [3.8, 4) is 22.9 Å². The second-order valence-electron chi connectivity index (χ2n) is 6.02. The van der Waals surface area contributed by atoms with Gasteiger partial charge in [-0.25, -0.2) is 8.42 Å². The van der Waals surface area contributed by atoms with Crippen LogP contribution in [0.15, 0.2) is 56.8 Å². The molecule has 0 saturated carbocycles. The Bertz CT molecular complexity index is 1080. The summed E-state index contributed by atoms with van der Waals surface area (Å²) in [4.78, 5) is 5.50. The molecule has 0 aliphatic carbocycles. The van der Waals surface area contributed by atoms with Gasteiger partial charge in [-0.1, -0.05) is 5.16 Å². The highest BCUT2D eigenvalue weighted by Gasteiger charge is 2.23. The predicted molar refractivity (Wildman–Crippen MR) is 110 cm³/mol. The van der Waals surface area contributed by atoms with Crippen molar-refractivity contribution in [2.75, 3.05) is 27.5 Å². The number of ether oxygens (including phenoxy) is 2. The van der Waals surface area contributed by atoms with Crippen molar-refractivity contribution < 1.29 is 22.4 Å². The Balaban J connectivity index is 1.78. The second kappa shape index (κ2) is 8.85. The molecule has 0 spiro atoms. The first kappa shape index (κ1) is 21.2. The molecule has 0 amide bonds. The summed E-state index contributed by atoms with van der Waals surface area (Å²) in [6, 6.07) is 11.9. The Labute approximate surface area is 173 Å². The molecule has 0 saturated heterocycles. The minimum absolute atomic E-state index is 0.0487. The molecule has 0 aliphatic rings. The number of hydrogen-bond acceptors (Lipinski definition) is 8. The molecule has 2 aromatic carbocycles. The van der Waals surface area contributed by atoms with Crippen molar-refractivity contribution in [3.05, 3.63) is 48.4 Å². The van der Waals surface area contributed by atoms with Gasteiger partial charge in [0.2, 0.25) is 21.7 Å². The molecule has 29 heavy (non-hydrogen) atoms. The van der Waals surface area contributed by atoms with Crippen molar-refractivity contribution in [1.29, 1.82) is 0 Å². The Morgan fingerprint density at radius 2 is 1.76 bits per heavy atom. The summed E-state index contributed by atoms with van der Waals surface area (Å²) < 4.78 is 42.4. The normalized spacial score (nSPS) is 11.6.